The van der Waals surface area contributed by atoms with Crippen molar-refractivity contribution in [3.63, 3.8) is 0 Å². The molecule has 0 aliphatic carbocycles. The summed E-state index contributed by atoms with van der Waals surface area (Å²) >= 11 is 0. The van der Waals surface area contributed by atoms with Crippen LogP contribution in [0, 0.1) is 13.8 Å². The summed E-state index contributed by atoms with van der Waals surface area (Å²) in [6.07, 6.45) is 2.18. The van der Waals surface area contributed by atoms with E-state index < -0.39 is 0 Å². The van der Waals surface area contributed by atoms with Crippen molar-refractivity contribution < 1.29 is 4.79 Å². The standard InChI is InChI=1S/C18H21N3O2/c1-12-4-5-13(2)15(8-12)9-21-11-19-17-10-20(14(3)22)7-6-16(17)18(21)23/h4-5,8,11H,6-7,9-10H2,1-3H3. The summed E-state index contributed by atoms with van der Waals surface area (Å²) in [5.74, 6) is 0.0250. The molecule has 0 fully saturated rings. The lowest BCUT2D eigenvalue weighted by molar-refractivity contribution is -0.129. The Balaban J connectivity index is 1.93. The van der Waals surface area contributed by atoms with Gasteiger partial charge in [-0.15, -0.1) is 0 Å². The van der Waals surface area contributed by atoms with Gasteiger partial charge in [0, 0.05) is 19.0 Å². The summed E-state index contributed by atoms with van der Waals surface area (Å²) in [7, 11) is 0. The minimum Gasteiger partial charge on any atom is -0.337 e. The van der Waals surface area contributed by atoms with Gasteiger partial charge in [-0.2, -0.15) is 0 Å². The zero-order chi connectivity index (χ0) is 16.6. The first kappa shape index (κ1) is 15.5. The van der Waals surface area contributed by atoms with Gasteiger partial charge in [-0.25, -0.2) is 4.98 Å². The van der Waals surface area contributed by atoms with Gasteiger partial charge in [-0.05, 0) is 31.4 Å². The van der Waals surface area contributed by atoms with Crippen LogP contribution in [0.4, 0.5) is 0 Å². The Kier molecular flexibility index (Phi) is 4.03. The number of rotatable bonds is 2. The predicted molar refractivity (Wildman–Crippen MR) is 88.3 cm³/mol. The van der Waals surface area contributed by atoms with E-state index in [2.05, 4.69) is 30.1 Å². The normalized spacial score (nSPS) is 13.8. The number of aryl methyl sites for hydroxylation is 2. The van der Waals surface area contributed by atoms with Crippen LogP contribution in [-0.2, 0) is 24.3 Å². The van der Waals surface area contributed by atoms with Gasteiger partial charge >= 0.3 is 0 Å². The molecule has 0 spiro atoms. The predicted octanol–water partition coefficient (Wildman–Crippen LogP) is 1.81. The van der Waals surface area contributed by atoms with E-state index in [-0.39, 0.29) is 11.5 Å². The average molecular weight is 311 g/mol. The van der Waals surface area contributed by atoms with Crippen LogP contribution >= 0.6 is 0 Å². The molecule has 1 aromatic carbocycles. The molecule has 1 aliphatic rings. The van der Waals surface area contributed by atoms with E-state index in [1.54, 1.807) is 22.7 Å². The fourth-order valence-corrected chi connectivity index (χ4v) is 3.00. The second-order valence-electron chi connectivity index (χ2n) is 6.22. The molecule has 5 heteroatoms. The Morgan fingerprint density at radius 3 is 2.83 bits per heavy atom. The molecule has 1 aromatic heterocycles. The van der Waals surface area contributed by atoms with Crippen LogP contribution in [0.1, 0.15) is 34.9 Å². The zero-order valence-corrected chi connectivity index (χ0v) is 13.8. The van der Waals surface area contributed by atoms with Crippen molar-refractivity contribution in [1.29, 1.82) is 0 Å². The molecule has 1 aliphatic heterocycles. The van der Waals surface area contributed by atoms with E-state index in [1.165, 1.54) is 11.1 Å². The molecule has 120 valence electrons. The fourth-order valence-electron chi connectivity index (χ4n) is 3.00. The fraction of sp³-hybridized carbons (Fsp3) is 0.389. The summed E-state index contributed by atoms with van der Waals surface area (Å²) in [6, 6.07) is 6.26. The van der Waals surface area contributed by atoms with Crippen LogP contribution in [0.3, 0.4) is 0 Å². The number of carbonyl (C=O) groups is 1. The SMILES string of the molecule is CC(=O)N1CCc2c(ncn(Cc3cc(C)ccc3C)c2=O)C1. The van der Waals surface area contributed by atoms with E-state index in [4.69, 9.17) is 0 Å². The molecule has 1 amide bonds. The van der Waals surface area contributed by atoms with Crippen molar-refractivity contribution in [1.82, 2.24) is 14.5 Å². The second-order valence-corrected chi connectivity index (χ2v) is 6.22. The summed E-state index contributed by atoms with van der Waals surface area (Å²) in [6.45, 7) is 7.20. The number of amides is 1. The highest BCUT2D eigenvalue weighted by atomic mass is 16.2. The maximum atomic E-state index is 12.7. The van der Waals surface area contributed by atoms with Crippen LogP contribution in [0.15, 0.2) is 29.3 Å². The third-order valence-electron chi connectivity index (χ3n) is 4.48. The Morgan fingerprint density at radius 2 is 2.09 bits per heavy atom. The lowest BCUT2D eigenvalue weighted by Gasteiger charge is -2.27. The molecule has 0 N–H and O–H groups in total. The summed E-state index contributed by atoms with van der Waals surface area (Å²) in [5, 5.41) is 0. The maximum Gasteiger partial charge on any atom is 0.257 e. The van der Waals surface area contributed by atoms with Crippen molar-refractivity contribution >= 4 is 5.91 Å². The van der Waals surface area contributed by atoms with Gasteiger partial charge in [0.25, 0.3) is 5.56 Å². The van der Waals surface area contributed by atoms with E-state index in [0.29, 0.717) is 26.1 Å². The van der Waals surface area contributed by atoms with Crippen LogP contribution in [-0.4, -0.2) is 26.9 Å². The highest BCUT2D eigenvalue weighted by Gasteiger charge is 2.22. The van der Waals surface area contributed by atoms with E-state index in [9.17, 15) is 9.59 Å². The Bertz CT molecular complexity index is 824. The summed E-state index contributed by atoms with van der Waals surface area (Å²) in [4.78, 5) is 30.4. The van der Waals surface area contributed by atoms with E-state index in [1.807, 2.05) is 6.92 Å². The summed E-state index contributed by atoms with van der Waals surface area (Å²) < 4.78 is 1.67. The van der Waals surface area contributed by atoms with Gasteiger partial charge in [-0.3, -0.25) is 14.2 Å². The molecule has 0 saturated carbocycles. The minimum atomic E-state index is 0.0131. The van der Waals surface area contributed by atoms with Crippen molar-refractivity contribution in [3.05, 3.63) is 62.8 Å². The molecule has 3 rings (SSSR count). The lowest BCUT2D eigenvalue weighted by Crippen LogP contribution is -2.39. The monoisotopic (exact) mass is 311 g/mol. The van der Waals surface area contributed by atoms with Crippen LogP contribution in [0.25, 0.3) is 0 Å². The Hall–Kier alpha value is -2.43. The molecule has 0 atom stereocenters. The Morgan fingerprint density at radius 1 is 1.30 bits per heavy atom. The number of nitrogens with zero attached hydrogens (tertiary/aromatic N) is 3. The molecule has 2 aromatic rings. The van der Waals surface area contributed by atoms with Crippen molar-refractivity contribution in [2.75, 3.05) is 6.54 Å². The van der Waals surface area contributed by atoms with Crippen molar-refractivity contribution in [2.24, 2.45) is 0 Å². The zero-order valence-electron chi connectivity index (χ0n) is 13.8. The number of carbonyl (C=O) groups excluding carboxylic acids is 1. The number of benzene rings is 1. The molecular weight excluding hydrogens is 290 g/mol. The second kappa shape index (κ2) is 5.99. The number of fused-ring (bicyclic) bond motifs is 1. The third kappa shape index (κ3) is 3.04. The molecular formula is C18H21N3O2. The van der Waals surface area contributed by atoms with Crippen molar-refractivity contribution in [2.45, 2.75) is 40.3 Å². The minimum absolute atomic E-state index is 0.0131. The molecule has 23 heavy (non-hydrogen) atoms. The van der Waals surface area contributed by atoms with Crippen LogP contribution in [0.5, 0.6) is 0 Å². The third-order valence-corrected chi connectivity index (χ3v) is 4.48. The largest absolute Gasteiger partial charge is 0.337 e. The quantitative estimate of drug-likeness (QED) is 0.850. The molecule has 0 saturated heterocycles. The van der Waals surface area contributed by atoms with Gasteiger partial charge in [0.1, 0.15) is 0 Å². The first-order valence-corrected chi connectivity index (χ1v) is 7.84. The van der Waals surface area contributed by atoms with Gasteiger partial charge in [0.15, 0.2) is 0 Å². The first-order valence-electron chi connectivity index (χ1n) is 7.84. The first-order chi connectivity index (χ1) is 11.0. The molecule has 0 radical (unpaired) electrons. The Labute approximate surface area is 135 Å². The molecule has 2 heterocycles. The lowest BCUT2D eigenvalue weighted by atomic mass is 10.0. The average Bonchev–Trinajstić information content (AvgIpc) is 2.53. The van der Waals surface area contributed by atoms with Crippen LogP contribution in [0.2, 0.25) is 0 Å². The molecule has 5 nitrogen and oxygen atoms in total. The number of hydrogen-bond donors (Lipinski definition) is 0. The molecule has 0 unspecified atom stereocenters. The number of aromatic nitrogens is 2. The van der Waals surface area contributed by atoms with Crippen molar-refractivity contribution in [3.8, 4) is 0 Å². The molecule has 0 bridgehead atoms. The van der Waals surface area contributed by atoms with Gasteiger partial charge in [0.2, 0.25) is 5.91 Å². The topological polar surface area (TPSA) is 55.2 Å². The van der Waals surface area contributed by atoms with Gasteiger partial charge in [0.05, 0.1) is 25.1 Å². The smallest absolute Gasteiger partial charge is 0.257 e. The van der Waals surface area contributed by atoms with Crippen LogP contribution < -0.4 is 5.56 Å². The van der Waals surface area contributed by atoms with Gasteiger partial charge < -0.3 is 4.90 Å². The van der Waals surface area contributed by atoms with E-state index in [0.717, 1.165) is 16.8 Å². The highest BCUT2D eigenvalue weighted by molar-refractivity contribution is 5.73. The van der Waals surface area contributed by atoms with E-state index >= 15 is 0 Å². The highest BCUT2D eigenvalue weighted by Crippen LogP contribution is 2.15. The van der Waals surface area contributed by atoms with Gasteiger partial charge in [-0.1, -0.05) is 23.8 Å². The maximum absolute atomic E-state index is 12.7. The number of hydrogen-bond acceptors (Lipinski definition) is 3. The summed E-state index contributed by atoms with van der Waals surface area (Å²) in [5.41, 5.74) is 4.97.